The van der Waals surface area contributed by atoms with Crippen LogP contribution in [0.2, 0.25) is 0 Å². The average molecular weight is 272 g/mol. The van der Waals surface area contributed by atoms with Crippen molar-refractivity contribution < 1.29 is 33.4 Å². The highest BCUT2D eigenvalue weighted by Gasteiger charge is 2.43. The SMILES string of the molecule is CC(=O)O[C@H]1CC[C@@H](OC(C)=O)[C@@H](OC(C)=O)C1=O. The lowest BCUT2D eigenvalue weighted by Gasteiger charge is -2.32. The molecule has 0 bridgehead atoms. The molecule has 7 nitrogen and oxygen atoms in total. The first-order chi connectivity index (χ1) is 8.81. The number of carbonyl (C=O) groups excluding carboxylic acids is 4. The van der Waals surface area contributed by atoms with E-state index in [1.165, 1.54) is 13.8 Å². The molecule has 0 aromatic heterocycles. The van der Waals surface area contributed by atoms with E-state index >= 15 is 0 Å². The van der Waals surface area contributed by atoms with E-state index < -0.39 is 42.0 Å². The molecule has 0 spiro atoms. The summed E-state index contributed by atoms with van der Waals surface area (Å²) in [7, 11) is 0. The molecule has 0 unspecified atom stereocenters. The van der Waals surface area contributed by atoms with Crippen LogP contribution in [0.25, 0.3) is 0 Å². The van der Waals surface area contributed by atoms with Crippen molar-refractivity contribution in [2.24, 2.45) is 0 Å². The van der Waals surface area contributed by atoms with Crippen LogP contribution in [0, 0.1) is 0 Å². The first kappa shape index (κ1) is 15.1. The van der Waals surface area contributed by atoms with Gasteiger partial charge >= 0.3 is 17.9 Å². The van der Waals surface area contributed by atoms with Crippen LogP contribution in [-0.4, -0.2) is 42.0 Å². The Hall–Kier alpha value is -1.92. The van der Waals surface area contributed by atoms with Gasteiger partial charge in [-0.05, 0) is 12.8 Å². The Morgan fingerprint density at radius 3 is 1.89 bits per heavy atom. The van der Waals surface area contributed by atoms with Gasteiger partial charge in [0.2, 0.25) is 11.9 Å². The fraction of sp³-hybridized carbons (Fsp3) is 0.667. The lowest BCUT2D eigenvalue weighted by Crippen LogP contribution is -2.50. The zero-order valence-electron chi connectivity index (χ0n) is 11.0. The fourth-order valence-electron chi connectivity index (χ4n) is 1.94. The third-order valence-electron chi connectivity index (χ3n) is 2.57. The molecular weight excluding hydrogens is 256 g/mol. The summed E-state index contributed by atoms with van der Waals surface area (Å²) in [5.74, 6) is -2.39. The Kier molecular flexibility index (Phi) is 5.02. The standard InChI is InChI=1S/C12H16O7/c1-6(13)17-9-4-5-10(18-7(2)14)12(11(9)16)19-8(3)15/h9-10,12H,4-5H2,1-3H3/t9-,10+,12+/m0/s1. The van der Waals surface area contributed by atoms with E-state index in [-0.39, 0.29) is 12.8 Å². The minimum absolute atomic E-state index is 0.230. The van der Waals surface area contributed by atoms with Crippen molar-refractivity contribution in [3.8, 4) is 0 Å². The summed E-state index contributed by atoms with van der Waals surface area (Å²) in [5.41, 5.74) is 0. The molecule has 1 fully saturated rings. The molecule has 0 N–H and O–H groups in total. The van der Waals surface area contributed by atoms with Gasteiger partial charge in [0.25, 0.3) is 0 Å². The molecular formula is C12H16O7. The number of hydrogen-bond acceptors (Lipinski definition) is 7. The molecule has 0 radical (unpaired) electrons. The lowest BCUT2D eigenvalue weighted by molar-refractivity contribution is -0.182. The number of rotatable bonds is 3. The van der Waals surface area contributed by atoms with E-state index in [0.717, 1.165) is 6.92 Å². The van der Waals surface area contributed by atoms with E-state index in [9.17, 15) is 19.2 Å². The van der Waals surface area contributed by atoms with Gasteiger partial charge in [0.05, 0.1) is 0 Å². The first-order valence-electron chi connectivity index (χ1n) is 5.86. The molecule has 0 heterocycles. The summed E-state index contributed by atoms with van der Waals surface area (Å²) < 4.78 is 14.7. The molecule has 19 heavy (non-hydrogen) atoms. The number of carbonyl (C=O) groups is 4. The van der Waals surface area contributed by atoms with Gasteiger partial charge in [0.1, 0.15) is 6.10 Å². The number of Topliss-reactive ketones (excluding diaryl/α,β-unsaturated/α-hetero) is 1. The second kappa shape index (κ2) is 6.31. The topological polar surface area (TPSA) is 96.0 Å². The Balaban J connectivity index is 2.82. The Morgan fingerprint density at radius 1 is 0.895 bits per heavy atom. The number of esters is 3. The van der Waals surface area contributed by atoms with Gasteiger partial charge in [-0.2, -0.15) is 0 Å². The van der Waals surface area contributed by atoms with Gasteiger partial charge in [-0.15, -0.1) is 0 Å². The second-order valence-electron chi connectivity index (χ2n) is 4.26. The summed E-state index contributed by atoms with van der Waals surface area (Å²) >= 11 is 0. The summed E-state index contributed by atoms with van der Waals surface area (Å²) in [6.07, 6.45) is -2.51. The van der Waals surface area contributed by atoms with E-state index in [1.807, 2.05) is 0 Å². The molecule has 0 aliphatic heterocycles. The minimum atomic E-state index is -1.22. The first-order valence-corrected chi connectivity index (χ1v) is 5.86. The van der Waals surface area contributed by atoms with Crippen molar-refractivity contribution in [3.63, 3.8) is 0 Å². The summed E-state index contributed by atoms with van der Waals surface area (Å²) in [5, 5.41) is 0. The number of ether oxygens (including phenoxy) is 3. The van der Waals surface area contributed by atoms with Crippen LogP contribution in [0.4, 0.5) is 0 Å². The smallest absolute Gasteiger partial charge is 0.303 e. The predicted molar refractivity (Wildman–Crippen MR) is 60.9 cm³/mol. The van der Waals surface area contributed by atoms with E-state index in [1.54, 1.807) is 0 Å². The zero-order valence-corrected chi connectivity index (χ0v) is 11.0. The van der Waals surface area contributed by atoms with Crippen LogP contribution in [0.15, 0.2) is 0 Å². The molecule has 0 aromatic rings. The molecule has 7 heteroatoms. The van der Waals surface area contributed by atoms with Gasteiger partial charge in [-0.1, -0.05) is 0 Å². The largest absolute Gasteiger partial charge is 0.458 e. The van der Waals surface area contributed by atoms with Crippen LogP contribution in [0.5, 0.6) is 0 Å². The van der Waals surface area contributed by atoms with Crippen molar-refractivity contribution in [2.45, 2.75) is 51.9 Å². The monoisotopic (exact) mass is 272 g/mol. The summed E-state index contributed by atoms with van der Waals surface area (Å²) in [4.78, 5) is 44.9. The van der Waals surface area contributed by atoms with Gasteiger partial charge < -0.3 is 14.2 Å². The van der Waals surface area contributed by atoms with Gasteiger partial charge in [0, 0.05) is 20.8 Å². The van der Waals surface area contributed by atoms with Crippen molar-refractivity contribution in [2.75, 3.05) is 0 Å². The molecule has 1 aliphatic rings. The van der Waals surface area contributed by atoms with Crippen molar-refractivity contribution >= 4 is 23.7 Å². The fourth-order valence-corrected chi connectivity index (χ4v) is 1.94. The highest BCUT2D eigenvalue weighted by molar-refractivity contribution is 5.92. The van der Waals surface area contributed by atoms with E-state index in [0.29, 0.717) is 0 Å². The number of ketones is 1. The molecule has 1 rings (SSSR count). The van der Waals surface area contributed by atoms with E-state index in [2.05, 4.69) is 0 Å². The Morgan fingerprint density at radius 2 is 1.42 bits per heavy atom. The maximum absolute atomic E-state index is 12.0. The molecule has 0 aromatic carbocycles. The van der Waals surface area contributed by atoms with Gasteiger partial charge in [-0.3, -0.25) is 19.2 Å². The molecule has 106 valence electrons. The quantitative estimate of drug-likeness (QED) is 0.532. The van der Waals surface area contributed by atoms with Crippen LogP contribution in [0.3, 0.4) is 0 Å². The summed E-state index contributed by atoms with van der Waals surface area (Å²) in [6, 6.07) is 0. The zero-order chi connectivity index (χ0) is 14.6. The van der Waals surface area contributed by atoms with Crippen LogP contribution < -0.4 is 0 Å². The number of hydrogen-bond donors (Lipinski definition) is 0. The van der Waals surface area contributed by atoms with Crippen LogP contribution in [0.1, 0.15) is 33.6 Å². The molecule has 3 atom stereocenters. The third-order valence-corrected chi connectivity index (χ3v) is 2.57. The summed E-state index contributed by atoms with van der Waals surface area (Å²) in [6.45, 7) is 3.54. The van der Waals surface area contributed by atoms with Crippen molar-refractivity contribution in [1.82, 2.24) is 0 Å². The highest BCUT2D eigenvalue weighted by Crippen LogP contribution is 2.24. The van der Waals surface area contributed by atoms with Crippen molar-refractivity contribution in [3.05, 3.63) is 0 Å². The highest BCUT2D eigenvalue weighted by atomic mass is 16.6. The van der Waals surface area contributed by atoms with Crippen molar-refractivity contribution in [1.29, 1.82) is 0 Å². The molecule has 1 saturated carbocycles. The Bertz CT molecular complexity index is 401. The van der Waals surface area contributed by atoms with Crippen LogP contribution in [-0.2, 0) is 33.4 Å². The average Bonchev–Trinajstić information content (AvgIpc) is 2.26. The van der Waals surface area contributed by atoms with Gasteiger partial charge in [-0.25, -0.2) is 0 Å². The minimum Gasteiger partial charge on any atom is -0.458 e. The lowest BCUT2D eigenvalue weighted by atomic mass is 9.90. The third kappa shape index (κ3) is 4.35. The van der Waals surface area contributed by atoms with Crippen LogP contribution >= 0.6 is 0 Å². The molecule has 0 amide bonds. The predicted octanol–water partition coefficient (Wildman–Crippen LogP) is 0.144. The second-order valence-corrected chi connectivity index (χ2v) is 4.26. The van der Waals surface area contributed by atoms with Gasteiger partial charge in [0.15, 0.2) is 6.10 Å². The Labute approximate surface area is 110 Å². The maximum atomic E-state index is 12.0. The molecule has 0 saturated heterocycles. The van der Waals surface area contributed by atoms with E-state index in [4.69, 9.17) is 14.2 Å². The normalized spacial score (nSPS) is 26.5. The maximum Gasteiger partial charge on any atom is 0.303 e. The molecule has 1 aliphatic carbocycles.